The number of thiol groups is 1. The molecule has 1 saturated carbocycles. The van der Waals surface area contributed by atoms with Gasteiger partial charge in [0, 0.05) is 11.5 Å². The molecule has 1 fully saturated rings. The average Bonchev–Trinajstić information content (AvgIpc) is 2.41. The van der Waals surface area contributed by atoms with Crippen molar-refractivity contribution in [2.45, 2.75) is 32.1 Å². The summed E-state index contributed by atoms with van der Waals surface area (Å²) in [5.41, 5.74) is 0.0895. The van der Waals surface area contributed by atoms with Crippen LogP contribution in [0, 0.1) is 17.0 Å². The minimum absolute atomic E-state index is 0.0895. The van der Waals surface area contributed by atoms with Crippen LogP contribution >= 0.6 is 12.6 Å². The van der Waals surface area contributed by atoms with Gasteiger partial charge in [0.05, 0.1) is 6.61 Å². The SMILES string of the molecule is Fc1ccc(OCC2(CS)CCCCC2)cc1F. The van der Waals surface area contributed by atoms with E-state index < -0.39 is 11.6 Å². The second kappa shape index (κ2) is 5.91. The zero-order valence-electron chi connectivity index (χ0n) is 10.3. The van der Waals surface area contributed by atoms with E-state index in [9.17, 15) is 8.78 Å². The zero-order chi connectivity index (χ0) is 13.0. The molecule has 0 aromatic heterocycles. The zero-order valence-corrected chi connectivity index (χ0v) is 11.2. The van der Waals surface area contributed by atoms with E-state index in [1.165, 1.54) is 25.3 Å². The maximum Gasteiger partial charge on any atom is 0.162 e. The Kier molecular flexibility index (Phi) is 4.49. The Balaban J connectivity index is 1.98. The fraction of sp³-hybridized carbons (Fsp3) is 0.571. The Hall–Kier alpha value is -0.770. The van der Waals surface area contributed by atoms with Crippen LogP contribution in [0.15, 0.2) is 18.2 Å². The van der Waals surface area contributed by atoms with Gasteiger partial charge < -0.3 is 4.74 Å². The molecule has 1 aliphatic carbocycles. The van der Waals surface area contributed by atoms with Crippen molar-refractivity contribution in [3.8, 4) is 5.75 Å². The van der Waals surface area contributed by atoms with Crippen LogP contribution in [0.2, 0.25) is 0 Å². The van der Waals surface area contributed by atoms with E-state index in [0.29, 0.717) is 12.4 Å². The van der Waals surface area contributed by atoms with Crippen molar-refractivity contribution in [3.63, 3.8) is 0 Å². The Morgan fingerprint density at radius 1 is 1.11 bits per heavy atom. The minimum Gasteiger partial charge on any atom is -0.493 e. The molecule has 100 valence electrons. The Bertz CT molecular complexity index is 403. The van der Waals surface area contributed by atoms with Crippen LogP contribution in [0.4, 0.5) is 8.78 Å². The quantitative estimate of drug-likeness (QED) is 0.807. The Morgan fingerprint density at radius 3 is 2.44 bits per heavy atom. The molecule has 0 spiro atoms. The molecule has 0 N–H and O–H groups in total. The minimum atomic E-state index is -0.865. The van der Waals surface area contributed by atoms with Crippen LogP contribution in [0.25, 0.3) is 0 Å². The van der Waals surface area contributed by atoms with Gasteiger partial charge in [0.15, 0.2) is 11.6 Å². The highest BCUT2D eigenvalue weighted by Crippen LogP contribution is 2.37. The van der Waals surface area contributed by atoms with Crippen molar-refractivity contribution in [2.75, 3.05) is 12.4 Å². The monoisotopic (exact) mass is 272 g/mol. The van der Waals surface area contributed by atoms with Crippen molar-refractivity contribution in [3.05, 3.63) is 29.8 Å². The van der Waals surface area contributed by atoms with Crippen molar-refractivity contribution in [1.29, 1.82) is 0 Å². The largest absolute Gasteiger partial charge is 0.493 e. The van der Waals surface area contributed by atoms with Gasteiger partial charge in [-0.3, -0.25) is 0 Å². The van der Waals surface area contributed by atoms with E-state index in [4.69, 9.17) is 4.74 Å². The van der Waals surface area contributed by atoms with Crippen molar-refractivity contribution >= 4 is 12.6 Å². The molecule has 1 aromatic rings. The molecule has 0 bridgehead atoms. The number of hydrogen-bond donors (Lipinski definition) is 1. The standard InChI is InChI=1S/C14H18F2OS/c15-12-5-4-11(8-13(12)16)17-9-14(10-18)6-2-1-3-7-14/h4-5,8,18H,1-3,6-7,9-10H2. The van der Waals surface area contributed by atoms with Crippen LogP contribution in [0.5, 0.6) is 5.75 Å². The van der Waals surface area contributed by atoms with Crippen LogP contribution in [0.1, 0.15) is 32.1 Å². The molecular weight excluding hydrogens is 254 g/mol. The molecule has 1 aromatic carbocycles. The normalized spacial score (nSPS) is 18.6. The molecule has 0 heterocycles. The first-order valence-corrected chi connectivity index (χ1v) is 6.97. The maximum atomic E-state index is 13.1. The lowest BCUT2D eigenvalue weighted by Gasteiger charge is -2.35. The number of halogens is 2. The number of ether oxygens (including phenoxy) is 1. The molecule has 0 aliphatic heterocycles. The summed E-state index contributed by atoms with van der Waals surface area (Å²) >= 11 is 4.42. The molecule has 0 saturated heterocycles. The molecule has 0 amide bonds. The van der Waals surface area contributed by atoms with Crippen molar-refractivity contribution in [1.82, 2.24) is 0 Å². The summed E-state index contributed by atoms with van der Waals surface area (Å²) in [5, 5.41) is 0. The van der Waals surface area contributed by atoms with Gasteiger partial charge in [0.1, 0.15) is 5.75 Å². The van der Waals surface area contributed by atoms with Gasteiger partial charge in [-0.25, -0.2) is 8.78 Å². The fourth-order valence-corrected chi connectivity index (χ4v) is 2.86. The molecule has 0 unspecified atom stereocenters. The van der Waals surface area contributed by atoms with Gasteiger partial charge in [-0.2, -0.15) is 12.6 Å². The summed E-state index contributed by atoms with van der Waals surface area (Å²) in [6, 6.07) is 3.66. The summed E-state index contributed by atoms with van der Waals surface area (Å²) < 4.78 is 31.5. The highest BCUT2D eigenvalue weighted by molar-refractivity contribution is 7.80. The molecular formula is C14H18F2OS. The van der Waals surface area contributed by atoms with Crippen molar-refractivity contribution in [2.24, 2.45) is 5.41 Å². The van der Waals surface area contributed by atoms with Gasteiger partial charge in [-0.1, -0.05) is 19.3 Å². The van der Waals surface area contributed by atoms with Crippen LogP contribution in [-0.4, -0.2) is 12.4 Å². The van der Waals surface area contributed by atoms with Crippen LogP contribution in [-0.2, 0) is 0 Å². The molecule has 2 rings (SSSR count). The first-order valence-electron chi connectivity index (χ1n) is 6.34. The third kappa shape index (κ3) is 3.16. The van der Waals surface area contributed by atoms with E-state index in [-0.39, 0.29) is 5.41 Å². The highest BCUT2D eigenvalue weighted by atomic mass is 32.1. The Morgan fingerprint density at radius 2 is 1.83 bits per heavy atom. The first-order chi connectivity index (χ1) is 8.65. The lowest BCUT2D eigenvalue weighted by atomic mass is 9.76. The second-order valence-corrected chi connectivity index (χ2v) is 5.40. The maximum absolute atomic E-state index is 13.1. The molecule has 1 nitrogen and oxygen atoms in total. The summed E-state index contributed by atoms with van der Waals surface area (Å²) in [7, 11) is 0. The smallest absolute Gasteiger partial charge is 0.162 e. The molecule has 4 heteroatoms. The van der Waals surface area contributed by atoms with E-state index in [1.54, 1.807) is 0 Å². The van der Waals surface area contributed by atoms with Crippen LogP contribution < -0.4 is 4.74 Å². The van der Waals surface area contributed by atoms with Crippen LogP contribution in [0.3, 0.4) is 0 Å². The lowest BCUT2D eigenvalue weighted by molar-refractivity contribution is 0.120. The summed E-state index contributed by atoms with van der Waals surface area (Å²) in [6.45, 7) is 0.529. The average molecular weight is 272 g/mol. The Labute approximate surface area is 112 Å². The van der Waals surface area contributed by atoms with Gasteiger partial charge in [-0.15, -0.1) is 0 Å². The van der Waals surface area contributed by atoms with Gasteiger partial charge >= 0.3 is 0 Å². The fourth-order valence-electron chi connectivity index (χ4n) is 2.45. The predicted molar refractivity (Wildman–Crippen MR) is 71.2 cm³/mol. The molecule has 0 atom stereocenters. The first kappa shape index (κ1) is 13.7. The molecule has 0 radical (unpaired) electrons. The number of benzene rings is 1. The number of rotatable bonds is 4. The third-order valence-electron chi connectivity index (χ3n) is 3.69. The van der Waals surface area contributed by atoms with E-state index in [0.717, 1.165) is 30.7 Å². The third-order valence-corrected chi connectivity index (χ3v) is 4.36. The number of hydrogen-bond acceptors (Lipinski definition) is 2. The topological polar surface area (TPSA) is 9.23 Å². The van der Waals surface area contributed by atoms with Crippen molar-refractivity contribution < 1.29 is 13.5 Å². The molecule has 18 heavy (non-hydrogen) atoms. The van der Waals surface area contributed by atoms with Gasteiger partial charge in [0.2, 0.25) is 0 Å². The predicted octanol–water partition coefficient (Wildman–Crippen LogP) is 4.22. The summed E-state index contributed by atoms with van der Waals surface area (Å²) in [4.78, 5) is 0. The lowest BCUT2D eigenvalue weighted by Crippen LogP contribution is -2.33. The van der Waals surface area contributed by atoms with E-state index in [2.05, 4.69) is 12.6 Å². The summed E-state index contributed by atoms with van der Waals surface area (Å²) in [6.07, 6.45) is 5.85. The van der Waals surface area contributed by atoms with E-state index >= 15 is 0 Å². The highest BCUT2D eigenvalue weighted by Gasteiger charge is 2.31. The molecule has 1 aliphatic rings. The van der Waals surface area contributed by atoms with E-state index in [1.807, 2.05) is 0 Å². The van der Waals surface area contributed by atoms with Gasteiger partial charge in [-0.05, 0) is 30.7 Å². The summed E-state index contributed by atoms with van der Waals surface area (Å²) in [5.74, 6) is -0.544. The van der Waals surface area contributed by atoms with Gasteiger partial charge in [0.25, 0.3) is 0 Å². The second-order valence-electron chi connectivity index (χ2n) is 5.08.